The molecule has 1 aromatic carbocycles. The molecule has 6 nitrogen and oxygen atoms in total. The molecule has 0 aromatic heterocycles. The number of hydrogen-bond donors (Lipinski definition) is 0. The molecule has 0 spiro atoms. The first-order valence-corrected chi connectivity index (χ1v) is 11.2. The van der Waals surface area contributed by atoms with Crippen LogP contribution in [-0.2, 0) is 16.1 Å². The first-order chi connectivity index (χ1) is 14.2. The van der Waals surface area contributed by atoms with Crippen molar-refractivity contribution in [2.45, 2.75) is 40.2 Å². The van der Waals surface area contributed by atoms with Crippen LogP contribution in [0.15, 0.2) is 18.2 Å². The molecule has 2 heterocycles. The van der Waals surface area contributed by atoms with Crippen molar-refractivity contribution in [3.63, 3.8) is 0 Å². The summed E-state index contributed by atoms with van der Waals surface area (Å²) in [5.74, 6) is 1.09. The minimum Gasteiger partial charge on any atom is -0.496 e. The number of carbonyl (C=O) groups is 2. The van der Waals surface area contributed by atoms with Gasteiger partial charge in [0.1, 0.15) is 5.75 Å². The average Bonchev–Trinajstić information content (AvgIpc) is 2.73. The van der Waals surface area contributed by atoms with E-state index in [0.29, 0.717) is 24.7 Å². The number of likely N-dealkylation sites (tertiary alicyclic amines) is 1. The maximum Gasteiger partial charge on any atom is 0.227 e. The standard InChI is InChI=1S/C23H34ClN3O3/c1-23(2,3)22(29)27-9-5-6-17(16-27)21(28)26-12-10-25(11-13-26)15-18-14-19(24)7-8-20(18)30-4/h7-8,14,17H,5-6,9-13,15-16H2,1-4H3. The monoisotopic (exact) mass is 435 g/mol. The van der Waals surface area contributed by atoms with Crippen LogP contribution in [0, 0.1) is 11.3 Å². The van der Waals surface area contributed by atoms with Crippen molar-refractivity contribution in [1.82, 2.24) is 14.7 Å². The molecule has 0 saturated carbocycles. The Morgan fingerprint density at radius 2 is 1.80 bits per heavy atom. The van der Waals surface area contributed by atoms with Gasteiger partial charge in [0.05, 0.1) is 13.0 Å². The summed E-state index contributed by atoms with van der Waals surface area (Å²) >= 11 is 6.15. The zero-order valence-electron chi connectivity index (χ0n) is 18.6. The Morgan fingerprint density at radius 3 is 2.43 bits per heavy atom. The normalized spacial score (nSPS) is 20.9. The number of nitrogens with zero attached hydrogens (tertiary/aromatic N) is 3. The van der Waals surface area contributed by atoms with E-state index in [9.17, 15) is 9.59 Å². The Morgan fingerprint density at radius 1 is 1.10 bits per heavy atom. The van der Waals surface area contributed by atoms with E-state index >= 15 is 0 Å². The van der Waals surface area contributed by atoms with Crippen molar-refractivity contribution >= 4 is 23.4 Å². The Bertz CT molecular complexity index is 769. The lowest BCUT2D eigenvalue weighted by atomic mass is 9.90. The van der Waals surface area contributed by atoms with Crippen LogP contribution in [0.1, 0.15) is 39.2 Å². The second-order valence-corrected chi connectivity index (χ2v) is 9.83. The molecule has 7 heteroatoms. The van der Waals surface area contributed by atoms with E-state index in [4.69, 9.17) is 16.3 Å². The second kappa shape index (κ2) is 9.56. The van der Waals surface area contributed by atoms with E-state index < -0.39 is 5.41 Å². The molecule has 0 aliphatic carbocycles. The summed E-state index contributed by atoms with van der Waals surface area (Å²) in [6.07, 6.45) is 1.76. The molecule has 2 aliphatic heterocycles. The zero-order chi connectivity index (χ0) is 21.9. The topological polar surface area (TPSA) is 53.1 Å². The third-order valence-corrected chi connectivity index (χ3v) is 6.25. The number of piperidine rings is 1. The minimum absolute atomic E-state index is 0.0791. The largest absolute Gasteiger partial charge is 0.496 e. The van der Waals surface area contributed by atoms with Crippen molar-refractivity contribution < 1.29 is 14.3 Å². The molecule has 0 bridgehead atoms. The van der Waals surface area contributed by atoms with Gasteiger partial charge in [0.25, 0.3) is 0 Å². The summed E-state index contributed by atoms with van der Waals surface area (Å²) in [5.41, 5.74) is 0.659. The van der Waals surface area contributed by atoms with Crippen LogP contribution in [-0.4, -0.2) is 72.9 Å². The van der Waals surface area contributed by atoms with E-state index in [1.807, 2.05) is 48.8 Å². The fourth-order valence-electron chi connectivity index (χ4n) is 4.33. The Hall–Kier alpha value is -1.79. The highest BCUT2D eigenvalue weighted by molar-refractivity contribution is 6.30. The maximum absolute atomic E-state index is 13.1. The number of amides is 2. The molecular weight excluding hydrogens is 402 g/mol. The van der Waals surface area contributed by atoms with Gasteiger partial charge in [-0.2, -0.15) is 0 Å². The van der Waals surface area contributed by atoms with Gasteiger partial charge in [0, 0.05) is 61.8 Å². The third kappa shape index (κ3) is 5.46. The molecule has 2 aliphatic rings. The summed E-state index contributed by atoms with van der Waals surface area (Å²) in [6, 6.07) is 5.67. The highest BCUT2D eigenvalue weighted by Crippen LogP contribution is 2.26. The number of benzene rings is 1. The summed E-state index contributed by atoms with van der Waals surface area (Å²) in [7, 11) is 1.67. The zero-order valence-corrected chi connectivity index (χ0v) is 19.4. The van der Waals surface area contributed by atoms with Crippen LogP contribution >= 0.6 is 11.6 Å². The van der Waals surface area contributed by atoms with Crippen LogP contribution < -0.4 is 4.74 Å². The predicted octanol–water partition coefficient (Wildman–Crippen LogP) is 3.28. The summed E-state index contributed by atoms with van der Waals surface area (Å²) in [6.45, 7) is 10.9. The molecule has 166 valence electrons. The third-order valence-electron chi connectivity index (χ3n) is 6.02. The van der Waals surface area contributed by atoms with Crippen molar-refractivity contribution in [3.8, 4) is 5.75 Å². The highest BCUT2D eigenvalue weighted by atomic mass is 35.5. The smallest absolute Gasteiger partial charge is 0.227 e. The summed E-state index contributed by atoms with van der Waals surface area (Å²) < 4.78 is 5.45. The molecule has 3 rings (SSSR count). The number of ether oxygens (including phenoxy) is 1. The predicted molar refractivity (Wildman–Crippen MR) is 119 cm³/mol. The first-order valence-electron chi connectivity index (χ1n) is 10.8. The average molecular weight is 436 g/mol. The van der Waals surface area contributed by atoms with Gasteiger partial charge in [-0.25, -0.2) is 0 Å². The first kappa shape index (κ1) is 22.9. The lowest BCUT2D eigenvalue weighted by molar-refractivity contribution is -0.146. The van der Waals surface area contributed by atoms with Crippen LogP contribution in [0.3, 0.4) is 0 Å². The van der Waals surface area contributed by atoms with Crippen LogP contribution in [0.4, 0.5) is 0 Å². The molecule has 0 radical (unpaired) electrons. The highest BCUT2D eigenvalue weighted by Gasteiger charge is 2.35. The summed E-state index contributed by atoms with van der Waals surface area (Å²) in [4.78, 5) is 31.9. The molecule has 0 N–H and O–H groups in total. The number of carbonyl (C=O) groups excluding carboxylic acids is 2. The van der Waals surface area contributed by atoms with Crippen LogP contribution in [0.25, 0.3) is 0 Å². The molecule has 1 aromatic rings. The van der Waals surface area contributed by atoms with Crippen molar-refractivity contribution in [2.75, 3.05) is 46.4 Å². The molecule has 2 fully saturated rings. The van der Waals surface area contributed by atoms with Gasteiger partial charge in [-0.05, 0) is 31.0 Å². The minimum atomic E-state index is -0.405. The van der Waals surface area contributed by atoms with E-state index in [1.54, 1.807) is 7.11 Å². The molecule has 1 unspecified atom stereocenters. The van der Waals surface area contributed by atoms with Gasteiger partial charge in [-0.1, -0.05) is 32.4 Å². The molecule has 1 atom stereocenters. The number of piperazine rings is 1. The molecule has 2 saturated heterocycles. The Labute approximate surface area is 185 Å². The SMILES string of the molecule is COc1ccc(Cl)cc1CN1CCN(C(=O)C2CCCN(C(=O)C(C)(C)C)C2)CC1. The number of methoxy groups -OCH3 is 1. The molecular formula is C23H34ClN3O3. The van der Waals surface area contributed by atoms with Gasteiger partial charge >= 0.3 is 0 Å². The van der Waals surface area contributed by atoms with E-state index in [1.165, 1.54) is 0 Å². The van der Waals surface area contributed by atoms with Crippen molar-refractivity contribution in [3.05, 3.63) is 28.8 Å². The second-order valence-electron chi connectivity index (χ2n) is 9.40. The lowest BCUT2D eigenvalue weighted by Crippen LogP contribution is -2.53. The van der Waals surface area contributed by atoms with E-state index in [-0.39, 0.29) is 17.7 Å². The Kier molecular flexibility index (Phi) is 7.30. The van der Waals surface area contributed by atoms with E-state index in [0.717, 1.165) is 50.3 Å². The van der Waals surface area contributed by atoms with Gasteiger partial charge in [-0.15, -0.1) is 0 Å². The Balaban J connectivity index is 1.54. The van der Waals surface area contributed by atoms with Crippen molar-refractivity contribution in [2.24, 2.45) is 11.3 Å². The van der Waals surface area contributed by atoms with Crippen LogP contribution in [0.5, 0.6) is 5.75 Å². The van der Waals surface area contributed by atoms with Crippen molar-refractivity contribution in [1.29, 1.82) is 0 Å². The van der Waals surface area contributed by atoms with E-state index in [2.05, 4.69) is 4.90 Å². The summed E-state index contributed by atoms with van der Waals surface area (Å²) in [5, 5.41) is 0.700. The fourth-order valence-corrected chi connectivity index (χ4v) is 4.53. The van der Waals surface area contributed by atoms with Gasteiger partial charge in [-0.3, -0.25) is 14.5 Å². The molecule has 2 amide bonds. The van der Waals surface area contributed by atoms with Gasteiger partial charge < -0.3 is 14.5 Å². The van der Waals surface area contributed by atoms with Gasteiger partial charge in [0.15, 0.2) is 0 Å². The van der Waals surface area contributed by atoms with Gasteiger partial charge in [0.2, 0.25) is 11.8 Å². The maximum atomic E-state index is 13.1. The van der Waals surface area contributed by atoms with Crippen LogP contribution in [0.2, 0.25) is 5.02 Å². The number of halogens is 1. The fraction of sp³-hybridized carbons (Fsp3) is 0.652. The molecule has 30 heavy (non-hydrogen) atoms. The quantitative estimate of drug-likeness (QED) is 0.728. The number of hydrogen-bond acceptors (Lipinski definition) is 4. The number of rotatable bonds is 4. The lowest BCUT2D eigenvalue weighted by Gasteiger charge is -2.40.